The minimum Gasteiger partial charge on any atom is -0.460 e. The summed E-state index contributed by atoms with van der Waals surface area (Å²) in [6.45, 7) is 9.16. The first-order valence-corrected chi connectivity index (χ1v) is 12.5. The zero-order valence-corrected chi connectivity index (χ0v) is 22.4. The van der Waals surface area contributed by atoms with E-state index in [1.807, 2.05) is 19.9 Å². The van der Waals surface area contributed by atoms with Crippen LogP contribution in [0.25, 0.3) is 28.0 Å². The van der Waals surface area contributed by atoms with Gasteiger partial charge in [-0.3, -0.25) is 14.6 Å². The van der Waals surface area contributed by atoms with Crippen LogP contribution < -0.4 is 17.0 Å². The first-order valence-electron chi connectivity index (χ1n) is 12.5. The second-order valence-corrected chi connectivity index (χ2v) is 10.6. The third kappa shape index (κ3) is 5.59. The predicted molar refractivity (Wildman–Crippen MR) is 146 cm³/mol. The largest absolute Gasteiger partial charge is 0.460 e. The zero-order chi connectivity index (χ0) is 28.6. The maximum absolute atomic E-state index is 15.2. The van der Waals surface area contributed by atoms with Crippen molar-refractivity contribution in [1.29, 1.82) is 0 Å². The maximum atomic E-state index is 15.2. The number of pyridine rings is 1. The molecule has 8 nitrogen and oxygen atoms in total. The Morgan fingerprint density at radius 2 is 1.79 bits per heavy atom. The number of nitrogen functional groups attached to an aromatic ring is 1. The van der Waals surface area contributed by atoms with Gasteiger partial charge in [-0.1, -0.05) is 38.1 Å². The van der Waals surface area contributed by atoms with Crippen LogP contribution in [0.2, 0.25) is 0 Å². The van der Waals surface area contributed by atoms with Crippen LogP contribution in [0.1, 0.15) is 58.1 Å². The number of fused-ring (bicyclic) bond motifs is 1. The molecule has 2 aromatic heterocycles. The molecule has 0 bridgehead atoms. The topological polar surface area (TPSA) is 120 Å². The van der Waals surface area contributed by atoms with Gasteiger partial charge in [0.25, 0.3) is 5.56 Å². The first-order chi connectivity index (χ1) is 18.3. The van der Waals surface area contributed by atoms with Crippen molar-refractivity contribution in [3.8, 4) is 16.9 Å². The van der Waals surface area contributed by atoms with Crippen molar-refractivity contribution in [2.45, 2.75) is 59.0 Å². The number of rotatable bonds is 6. The molecule has 0 aliphatic rings. The third-order valence-corrected chi connectivity index (χ3v) is 6.13. The molecule has 0 atom stereocenters. The molecule has 0 spiro atoms. The second kappa shape index (κ2) is 10.4. The molecule has 0 saturated carbocycles. The summed E-state index contributed by atoms with van der Waals surface area (Å²) in [5.41, 5.74) is 4.42. The molecule has 39 heavy (non-hydrogen) atoms. The van der Waals surface area contributed by atoms with Crippen LogP contribution in [0.15, 0.2) is 52.1 Å². The lowest BCUT2D eigenvalue weighted by Gasteiger charge is -2.22. The van der Waals surface area contributed by atoms with Gasteiger partial charge in [-0.2, -0.15) is 0 Å². The van der Waals surface area contributed by atoms with E-state index in [1.54, 1.807) is 32.9 Å². The standard InChI is InChI=1S/C29H30F2N4O4/c1-15(2)17-9-6-8-16(12-13-22(36)39-29(3,4)5)25(17)35-26-18(27(37)34-28(35)38)14-20(31)24(33-26)23-19(30)10-7-11-21(23)32/h6-11,14-15H,12-13,32H2,1-5H3,(H,34,37,38). The fourth-order valence-electron chi connectivity index (χ4n) is 4.49. The summed E-state index contributed by atoms with van der Waals surface area (Å²) >= 11 is 0. The molecule has 0 amide bonds. The first kappa shape index (κ1) is 27.7. The van der Waals surface area contributed by atoms with Crippen molar-refractivity contribution in [1.82, 2.24) is 14.5 Å². The van der Waals surface area contributed by atoms with E-state index in [1.165, 1.54) is 16.7 Å². The molecular formula is C29H30F2N4O4. The molecule has 10 heteroatoms. The Hall–Kier alpha value is -4.34. The molecule has 4 rings (SSSR count). The Morgan fingerprint density at radius 3 is 2.44 bits per heavy atom. The fourth-order valence-corrected chi connectivity index (χ4v) is 4.49. The van der Waals surface area contributed by atoms with E-state index in [2.05, 4.69) is 9.97 Å². The number of carbonyl (C=O) groups is 1. The predicted octanol–water partition coefficient (Wildman–Crippen LogP) is 5.00. The van der Waals surface area contributed by atoms with Crippen molar-refractivity contribution >= 4 is 22.7 Å². The average Bonchev–Trinajstić information content (AvgIpc) is 2.82. The number of hydrogen-bond donors (Lipinski definition) is 2. The lowest BCUT2D eigenvalue weighted by Crippen LogP contribution is -2.31. The highest BCUT2D eigenvalue weighted by atomic mass is 19.1. The number of esters is 1. The van der Waals surface area contributed by atoms with Gasteiger partial charge in [0.15, 0.2) is 11.5 Å². The number of anilines is 1. The number of H-pyrrole nitrogens is 1. The molecule has 204 valence electrons. The summed E-state index contributed by atoms with van der Waals surface area (Å²) in [6, 6.07) is 10.2. The van der Waals surface area contributed by atoms with Crippen LogP contribution in [0, 0.1) is 11.6 Å². The van der Waals surface area contributed by atoms with Crippen molar-refractivity contribution < 1.29 is 18.3 Å². The molecule has 3 N–H and O–H groups in total. The Bertz CT molecular complexity index is 1680. The molecule has 2 heterocycles. The maximum Gasteiger partial charge on any atom is 0.334 e. The van der Waals surface area contributed by atoms with Gasteiger partial charge in [0.2, 0.25) is 0 Å². The van der Waals surface area contributed by atoms with Crippen molar-refractivity contribution in [2.75, 3.05) is 5.73 Å². The number of halogens is 2. The summed E-state index contributed by atoms with van der Waals surface area (Å²) in [4.78, 5) is 45.1. The number of nitrogens with two attached hydrogens (primary N) is 1. The molecular weight excluding hydrogens is 506 g/mol. The van der Waals surface area contributed by atoms with Gasteiger partial charge in [0.1, 0.15) is 17.1 Å². The van der Waals surface area contributed by atoms with Crippen molar-refractivity contribution in [3.63, 3.8) is 0 Å². The van der Waals surface area contributed by atoms with Crippen molar-refractivity contribution in [3.05, 3.63) is 86.1 Å². The lowest BCUT2D eigenvalue weighted by molar-refractivity contribution is -0.154. The zero-order valence-electron chi connectivity index (χ0n) is 22.4. The summed E-state index contributed by atoms with van der Waals surface area (Å²) < 4.78 is 36.6. The molecule has 0 radical (unpaired) electrons. The van der Waals surface area contributed by atoms with Crippen molar-refractivity contribution in [2.24, 2.45) is 0 Å². The minimum absolute atomic E-state index is 0.0287. The van der Waals surface area contributed by atoms with Gasteiger partial charge in [-0.25, -0.2) is 23.1 Å². The lowest BCUT2D eigenvalue weighted by atomic mass is 9.95. The van der Waals surface area contributed by atoms with Gasteiger partial charge >= 0.3 is 11.7 Å². The van der Waals surface area contributed by atoms with Gasteiger partial charge in [0, 0.05) is 12.1 Å². The normalized spacial score (nSPS) is 11.8. The van der Waals surface area contributed by atoms with Gasteiger partial charge in [-0.05, 0) is 62.4 Å². The number of nitrogens with one attached hydrogen (secondary N) is 1. The number of nitrogens with zero attached hydrogens (tertiary/aromatic N) is 2. The number of aryl methyl sites for hydroxylation is 1. The summed E-state index contributed by atoms with van der Waals surface area (Å²) in [5.74, 6) is -2.28. The highest BCUT2D eigenvalue weighted by Gasteiger charge is 2.24. The van der Waals surface area contributed by atoms with Crippen LogP contribution in [-0.4, -0.2) is 26.1 Å². The molecule has 2 aromatic carbocycles. The van der Waals surface area contributed by atoms with Crippen LogP contribution in [0.4, 0.5) is 14.5 Å². The Balaban J connectivity index is 2.01. The second-order valence-electron chi connectivity index (χ2n) is 10.6. The highest BCUT2D eigenvalue weighted by molar-refractivity contribution is 5.83. The monoisotopic (exact) mass is 536 g/mol. The molecule has 0 unspecified atom stereocenters. The minimum atomic E-state index is -0.975. The van der Waals surface area contributed by atoms with E-state index in [4.69, 9.17) is 10.5 Å². The average molecular weight is 537 g/mol. The molecule has 4 aromatic rings. The van der Waals surface area contributed by atoms with E-state index < -0.39 is 40.1 Å². The fraction of sp³-hybridized carbons (Fsp3) is 0.310. The number of aromatic amines is 1. The van der Waals surface area contributed by atoms with Crippen LogP contribution in [0.3, 0.4) is 0 Å². The molecule has 0 fully saturated rings. The summed E-state index contributed by atoms with van der Waals surface area (Å²) in [7, 11) is 0. The van der Waals surface area contributed by atoms with Gasteiger partial charge < -0.3 is 10.5 Å². The van der Waals surface area contributed by atoms with Gasteiger partial charge in [-0.15, -0.1) is 0 Å². The van der Waals surface area contributed by atoms with Crippen LogP contribution in [-0.2, 0) is 16.0 Å². The number of ether oxygens (including phenoxy) is 1. The van der Waals surface area contributed by atoms with Gasteiger partial charge in [0.05, 0.1) is 16.6 Å². The van der Waals surface area contributed by atoms with Crippen LogP contribution >= 0.6 is 0 Å². The smallest absolute Gasteiger partial charge is 0.334 e. The molecule has 0 aliphatic heterocycles. The van der Waals surface area contributed by atoms with E-state index >= 15 is 4.39 Å². The Morgan fingerprint density at radius 1 is 1.10 bits per heavy atom. The van der Waals surface area contributed by atoms with E-state index in [0.717, 1.165) is 17.7 Å². The summed E-state index contributed by atoms with van der Waals surface area (Å²) in [5, 5.41) is -0.206. The Labute approximate surface area is 223 Å². The number of aromatic nitrogens is 3. The van der Waals surface area contributed by atoms with E-state index in [9.17, 15) is 18.8 Å². The number of para-hydroxylation sites is 1. The number of carbonyl (C=O) groups excluding carboxylic acids is 1. The molecule has 0 saturated heterocycles. The third-order valence-electron chi connectivity index (χ3n) is 6.13. The SMILES string of the molecule is CC(C)c1cccc(CCC(=O)OC(C)(C)C)c1-n1c(=O)[nH]c(=O)c2cc(F)c(-c3c(N)cccc3F)nc21. The highest BCUT2D eigenvalue weighted by Crippen LogP contribution is 2.33. The summed E-state index contributed by atoms with van der Waals surface area (Å²) in [6.07, 6.45) is 0.243. The Kier molecular flexibility index (Phi) is 7.41. The quantitative estimate of drug-likeness (QED) is 0.264. The van der Waals surface area contributed by atoms with E-state index in [0.29, 0.717) is 11.3 Å². The van der Waals surface area contributed by atoms with E-state index in [-0.39, 0.29) is 41.0 Å². The number of hydrogen-bond acceptors (Lipinski definition) is 6. The number of benzene rings is 2. The van der Waals surface area contributed by atoms with Crippen LogP contribution in [0.5, 0.6) is 0 Å². The molecule has 0 aliphatic carbocycles.